The number of rotatable bonds is 6. The molecule has 0 aliphatic carbocycles. The van der Waals surface area contributed by atoms with Gasteiger partial charge in [-0.2, -0.15) is 13.2 Å². The van der Waals surface area contributed by atoms with E-state index in [9.17, 15) is 13.2 Å². The van der Waals surface area contributed by atoms with Crippen LogP contribution in [0, 0.1) is 0 Å². The molecule has 102 valence electrons. The van der Waals surface area contributed by atoms with E-state index in [1.807, 2.05) is 18.2 Å². The van der Waals surface area contributed by atoms with Crippen LogP contribution in [0.5, 0.6) is 0 Å². The lowest BCUT2D eigenvalue weighted by atomic mass is 10.1. The zero-order valence-corrected chi connectivity index (χ0v) is 11.3. The van der Waals surface area contributed by atoms with Gasteiger partial charge in [-0.1, -0.05) is 17.7 Å². The van der Waals surface area contributed by atoms with Gasteiger partial charge >= 0.3 is 6.18 Å². The Morgan fingerprint density at radius 1 is 1.33 bits per heavy atom. The van der Waals surface area contributed by atoms with E-state index in [1.54, 1.807) is 6.07 Å². The quantitative estimate of drug-likeness (QED) is 0.783. The van der Waals surface area contributed by atoms with Gasteiger partial charge in [-0.15, -0.1) is 11.8 Å². The highest BCUT2D eigenvalue weighted by Gasteiger charge is 2.26. The van der Waals surface area contributed by atoms with E-state index in [4.69, 9.17) is 17.3 Å². The van der Waals surface area contributed by atoms with Crippen LogP contribution in [-0.4, -0.2) is 18.0 Å². The molecule has 0 aliphatic rings. The molecule has 1 aromatic rings. The van der Waals surface area contributed by atoms with Gasteiger partial charge in [0.25, 0.3) is 0 Å². The number of hydrogen-bond donors (Lipinski definition) is 1. The van der Waals surface area contributed by atoms with Gasteiger partial charge in [0.05, 0.1) is 0 Å². The van der Waals surface area contributed by atoms with Crippen LogP contribution >= 0.6 is 23.4 Å². The molecule has 0 saturated heterocycles. The number of halogens is 4. The zero-order valence-electron chi connectivity index (χ0n) is 9.71. The summed E-state index contributed by atoms with van der Waals surface area (Å²) in [5, 5.41) is 0.644. The van der Waals surface area contributed by atoms with E-state index in [0.717, 1.165) is 4.90 Å². The molecule has 0 heterocycles. The van der Waals surface area contributed by atoms with Gasteiger partial charge < -0.3 is 5.73 Å². The van der Waals surface area contributed by atoms with Crippen molar-refractivity contribution in [2.45, 2.75) is 36.4 Å². The van der Waals surface area contributed by atoms with Crippen molar-refractivity contribution in [2.75, 3.05) is 5.75 Å². The molecule has 2 N–H and O–H groups in total. The fourth-order valence-corrected chi connectivity index (χ4v) is 2.62. The van der Waals surface area contributed by atoms with Crippen LogP contribution in [0.4, 0.5) is 13.2 Å². The maximum absolute atomic E-state index is 11.9. The van der Waals surface area contributed by atoms with Gasteiger partial charge in [-0.3, -0.25) is 0 Å². The molecule has 6 heteroatoms. The van der Waals surface area contributed by atoms with Crippen molar-refractivity contribution < 1.29 is 13.2 Å². The van der Waals surface area contributed by atoms with Crippen LogP contribution < -0.4 is 5.73 Å². The van der Waals surface area contributed by atoms with E-state index in [-0.39, 0.29) is 12.5 Å². The van der Waals surface area contributed by atoms with Crippen LogP contribution in [0.15, 0.2) is 29.2 Å². The van der Waals surface area contributed by atoms with Crippen molar-refractivity contribution in [2.24, 2.45) is 5.73 Å². The van der Waals surface area contributed by atoms with Crippen molar-refractivity contribution in [1.82, 2.24) is 0 Å². The number of nitrogens with two attached hydrogens (primary N) is 1. The summed E-state index contributed by atoms with van der Waals surface area (Å²) in [7, 11) is 0. The molecule has 0 radical (unpaired) electrons. The lowest BCUT2D eigenvalue weighted by Crippen LogP contribution is -2.23. The Morgan fingerprint density at radius 3 is 2.67 bits per heavy atom. The number of benzene rings is 1. The molecule has 0 spiro atoms. The van der Waals surface area contributed by atoms with Gasteiger partial charge in [-0.05, 0) is 31.0 Å². The molecule has 1 aromatic carbocycles. The lowest BCUT2D eigenvalue weighted by Gasteiger charge is -2.12. The Morgan fingerprint density at radius 2 is 2.06 bits per heavy atom. The molecule has 0 fully saturated rings. The summed E-state index contributed by atoms with van der Waals surface area (Å²) in [6.45, 7) is 0. The molecule has 18 heavy (non-hydrogen) atoms. The highest BCUT2D eigenvalue weighted by atomic mass is 35.5. The molecule has 1 unspecified atom stereocenters. The minimum atomic E-state index is -4.08. The fourth-order valence-electron chi connectivity index (χ4n) is 1.41. The molecule has 0 bridgehead atoms. The first-order valence-corrected chi connectivity index (χ1v) is 6.94. The second-order valence-corrected chi connectivity index (χ2v) is 5.57. The topological polar surface area (TPSA) is 26.0 Å². The van der Waals surface area contributed by atoms with Gasteiger partial charge in [0.15, 0.2) is 0 Å². The van der Waals surface area contributed by atoms with Crippen molar-refractivity contribution in [1.29, 1.82) is 0 Å². The van der Waals surface area contributed by atoms with Crippen molar-refractivity contribution >= 4 is 23.4 Å². The standard InChI is InChI=1S/C12H15ClF3NS/c13-9-3-1-5-11(7-9)18-8-10(17)4-2-6-12(14,15)16/h1,3,5,7,10H,2,4,6,8,17H2. The average molecular weight is 298 g/mol. The molecule has 0 aliphatic heterocycles. The highest BCUT2D eigenvalue weighted by molar-refractivity contribution is 7.99. The smallest absolute Gasteiger partial charge is 0.327 e. The van der Waals surface area contributed by atoms with Gasteiger partial charge in [0, 0.05) is 28.1 Å². The summed E-state index contributed by atoms with van der Waals surface area (Å²) >= 11 is 7.33. The SMILES string of the molecule is NC(CCCC(F)(F)F)CSc1cccc(Cl)c1. The average Bonchev–Trinajstić information content (AvgIpc) is 2.25. The van der Waals surface area contributed by atoms with E-state index in [1.165, 1.54) is 11.8 Å². The Balaban J connectivity index is 2.23. The number of hydrogen-bond acceptors (Lipinski definition) is 2. The first kappa shape index (κ1) is 15.7. The Labute approximate surface area is 114 Å². The predicted octanol–water partition coefficient (Wildman–Crippen LogP) is 4.49. The van der Waals surface area contributed by atoms with Crippen molar-refractivity contribution in [3.8, 4) is 0 Å². The first-order chi connectivity index (χ1) is 8.37. The summed E-state index contributed by atoms with van der Waals surface area (Å²) < 4.78 is 35.8. The maximum atomic E-state index is 11.9. The monoisotopic (exact) mass is 297 g/mol. The Kier molecular flexibility index (Phi) is 6.32. The minimum absolute atomic E-state index is 0.0841. The molecule has 0 aromatic heterocycles. The minimum Gasteiger partial charge on any atom is -0.327 e. The predicted molar refractivity (Wildman–Crippen MR) is 70.1 cm³/mol. The number of alkyl halides is 3. The van der Waals surface area contributed by atoms with Gasteiger partial charge in [0.2, 0.25) is 0 Å². The maximum Gasteiger partial charge on any atom is 0.389 e. The second kappa shape index (κ2) is 7.26. The van der Waals surface area contributed by atoms with Gasteiger partial charge in [-0.25, -0.2) is 0 Å². The zero-order chi connectivity index (χ0) is 13.6. The molecule has 0 amide bonds. The normalized spacial score (nSPS) is 13.6. The Hall–Kier alpha value is -0.390. The van der Waals surface area contributed by atoms with Crippen LogP contribution in [0.3, 0.4) is 0 Å². The molecule has 1 nitrogen and oxygen atoms in total. The molecule has 1 rings (SSSR count). The third-order valence-electron chi connectivity index (χ3n) is 2.30. The van der Waals surface area contributed by atoms with E-state index in [0.29, 0.717) is 17.2 Å². The largest absolute Gasteiger partial charge is 0.389 e. The molecular weight excluding hydrogens is 283 g/mol. The number of thioether (sulfide) groups is 1. The summed E-state index contributed by atoms with van der Waals surface area (Å²) in [5.74, 6) is 0.595. The van der Waals surface area contributed by atoms with E-state index in [2.05, 4.69) is 0 Å². The van der Waals surface area contributed by atoms with E-state index >= 15 is 0 Å². The summed E-state index contributed by atoms with van der Waals surface area (Å²) in [5.41, 5.74) is 5.77. The van der Waals surface area contributed by atoms with Crippen LogP contribution in [0.25, 0.3) is 0 Å². The molecule has 0 saturated carbocycles. The molecule has 1 atom stereocenters. The lowest BCUT2D eigenvalue weighted by molar-refractivity contribution is -0.135. The van der Waals surface area contributed by atoms with Crippen molar-refractivity contribution in [3.05, 3.63) is 29.3 Å². The van der Waals surface area contributed by atoms with Crippen LogP contribution in [0.2, 0.25) is 5.02 Å². The van der Waals surface area contributed by atoms with Crippen LogP contribution in [-0.2, 0) is 0 Å². The first-order valence-electron chi connectivity index (χ1n) is 5.57. The van der Waals surface area contributed by atoms with Crippen molar-refractivity contribution in [3.63, 3.8) is 0 Å². The summed E-state index contributed by atoms with van der Waals surface area (Å²) in [6, 6.07) is 7.10. The van der Waals surface area contributed by atoms with Gasteiger partial charge in [0.1, 0.15) is 0 Å². The summed E-state index contributed by atoms with van der Waals surface area (Å²) in [4.78, 5) is 0.980. The van der Waals surface area contributed by atoms with E-state index < -0.39 is 12.6 Å². The van der Waals surface area contributed by atoms with Crippen LogP contribution in [0.1, 0.15) is 19.3 Å². The third kappa shape index (κ3) is 7.13. The second-order valence-electron chi connectivity index (χ2n) is 4.04. The molecular formula is C12H15ClF3NS. The summed E-state index contributed by atoms with van der Waals surface area (Å²) in [6.07, 6.45) is -4.38. The highest BCUT2D eigenvalue weighted by Crippen LogP contribution is 2.25. The fraction of sp³-hybridized carbons (Fsp3) is 0.500. The third-order valence-corrected chi connectivity index (χ3v) is 3.71. The Bertz CT molecular complexity index is 371.